The topological polar surface area (TPSA) is 58.9 Å². The maximum atomic E-state index is 10.8. The van der Waals surface area contributed by atoms with Gasteiger partial charge in [0, 0.05) is 16.8 Å². The lowest BCUT2D eigenvalue weighted by Gasteiger charge is -2.12. The van der Waals surface area contributed by atoms with Gasteiger partial charge in [0.25, 0.3) is 0 Å². The Bertz CT molecular complexity index is 506. The van der Waals surface area contributed by atoms with Crippen LogP contribution in [-0.2, 0) is 0 Å². The van der Waals surface area contributed by atoms with Crippen molar-refractivity contribution in [3.63, 3.8) is 0 Å². The summed E-state index contributed by atoms with van der Waals surface area (Å²) in [6.07, 6.45) is 1.79. The van der Waals surface area contributed by atoms with Crippen LogP contribution in [0.1, 0.15) is 22.7 Å². The van der Waals surface area contributed by atoms with E-state index in [9.17, 15) is 10.1 Å². The number of aromatic amines is 1. The normalized spacial score (nSPS) is 12.3. The third kappa shape index (κ3) is 2.72. The monoisotopic (exact) mass is 230 g/mol. The van der Waals surface area contributed by atoms with Crippen LogP contribution in [0, 0.1) is 17.0 Å². The Morgan fingerprint density at radius 1 is 1.35 bits per heavy atom. The molecule has 0 spiro atoms. The van der Waals surface area contributed by atoms with Gasteiger partial charge in [-0.1, -0.05) is 29.8 Å². The molecule has 0 amide bonds. The molecular weight excluding hydrogens is 216 g/mol. The molecule has 0 aliphatic heterocycles. The standard InChI is InChI=1S/C13H14N2O2/c1-10-4-2-5-11(8-10)12(9-15(16)17)13-6-3-7-14-13/h2-8,12,14H,9H2,1H3. The number of nitro groups is 1. The first kappa shape index (κ1) is 11.4. The van der Waals surface area contributed by atoms with E-state index in [0.717, 1.165) is 16.8 Å². The lowest BCUT2D eigenvalue weighted by Crippen LogP contribution is -2.14. The zero-order chi connectivity index (χ0) is 12.3. The van der Waals surface area contributed by atoms with E-state index in [1.807, 2.05) is 43.3 Å². The van der Waals surface area contributed by atoms with Crippen molar-refractivity contribution in [2.75, 3.05) is 6.54 Å². The molecule has 1 aromatic carbocycles. The number of hydrogen-bond donors (Lipinski definition) is 1. The fourth-order valence-corrected chi connectivity index (χ4v) is 1.98. The molecule has 0 aliphatic carbocycles. The lowest BCUT2D eigenvalue weighted by atomic mass is 9.94. The van der Waals surface area contributed by atoms with Gasteiger partial charge in [0.15, 0.2) is 0 Å². The summed E-state index contributed by atoms with van der Waals surface area (Å²) in [4.78, 5) is 13.5. The summed E-state index contributed by atoms with van der Waals surface area (Å²) in [6, 6.07) is 11.6. The van der Waals surface area contributed by atoms with E-state index in [1.54, 1.807) is 6.20 Å². The number of benzene rings is 1. The zero-order valence-electron chi connectivity index (χ0n) is 9.59. The summed E-state index contributed by atoms with van der Waals surface area (Å²) in [5, 5.41) is 10.8. The highest BCUT2D eigenvalue weighted by atomic mass is 16.6. The summed E-state index contributed by atoms with van der Waals surface area (Å²) >= 11 is 0. The molecule has 1 heterocycles. The molecule has 1 N–H and O–H groups in total. The Hall–Kier alpha value is -2.10. The van der Waals surface area contributed by atoms with E-state index in [-0.39, 0.29) is 17.4 Å². The number of H-pyrrole nitrogens is 1. The maximum Gasteiger partial charge on any atom is 0.216 e. The molecule has 1 aromatic heterocycles. The largest absolute Gasteiger partial charge is 0.364 e. The van der Waals surface area contributed by atoms with Gasteiger partial charge in [0.2, 0.25) is 6.54 Å². The van der Waals surface area contributed by atoms with Crippen molar-refractivity contribution in [3.05, 3.63) is 69.5 Å². The first-order chi connectivity index (χ1) is 8.16. The van der Waals surface area contributed by atoms with Crippen molar-refractivity contribution in [1.29, 1.82) is 0 Å². The van der Waals surface area contributed by atoms with Gasteiger partial charge in [-0.15, -0.1) is 0 Å². The highest BCUT2D eigenvalue weighted by Crippen LogP contribution is 2.24. The Kier molecular flexibility index (Phi) is 3.23. The van der Waals surface area contributed by atoms with Crippen LogP contribution in [0.25, 0.3) is 0 Å². The van der Waals surface area contributed by atoms with Crippen molar-refractivity contribution < 1.29 is 4.92 Å². The van der Waals surface area contributed by atoms with E-state index in [1.165, 1.54) is 0 Å². The number of rotatable bonds is 4. The van der Waals surface area contributed by atoms with E-state index >= 15 is 0 Å². The third-order valence-electron chi connectivity index (χ3n) is 2.77. The number of aromatic nitrogens is 1. The van der Waals surface area contributed by atoms with Crippen LogP contribution in [0.4, 0.5) is 0 Å². The number of hydrogen-bond acceptors (Lipinski definition) is 2. The minimum Gasteiger partial charge on any atom is -0.364 e. The van der Waals surface area contributed by atoms with E-state index < -0.39 is 0 Å². The maximum absolute atomic E-state index is 10.8. The van der Waals surface area contributed by atoms with Crippen molar-refractivity contribution in [3.8, 4) is 0 Å². The van der Waals surface area contributed by atoms with Gasteiger partial charge in [-0.2, -0.15) is 0 Å². The molecule has 1 atom stereocenters. The molecule has 17 heavy (non-hydrogen) atoms. The lowest BCUT2D eigenvalue weighted by molar-refractivity contribution is -0.481. The second kappa shape index (κ2) is 4.82. The predicted molar refractivity (Wildman–Crippen MR) is 65.7 cm³/mol. The van der Waals surface area contributed by atoms with Gasteiger partial charge in [0.05, 0.1) is 5.92 Å². The van der Waals surface area contributed by atoms with Gasteiger partial charge in [-0.3, -0.25) is 10.1 Å². The summed E-state index contributed by atoms with van der Waals surface area (Å²) in [7, 11) is 0. The molecule has 0 fully saturated rings. The molecule has 0 bridgehead atoms. The quantitative estimate of drug-likeness (QED) is 0.648. The van der Waals surface area contributed by atoms with E-state index in [4.69, 9.17) is 0 Å². The summed E-state index contributed by atoms with van der Waals surface area (Å²) in [5.41, 5.74) is 2.97. The van der Waals surface area contributed by atoms with Crippen LogP contribution in [0.5, 0.6) is 0 Å². The summed E-state index contributed by atoms with van der Waals surface area (Å²) < 4.78 is 0. The minimum absolute atomic E-state index is 0.0933. The van der Waals surface area contributed by atoms with Crippen LogP contribution in [0.15, 0.2) is 42.6 Å². The van der Waals surface area contributed by atoms with E-state index in [0.29, 0.717) is 0 Å². The Morgan fingerprint density at radius 2 is 2.18 bits per heavy atom. The van der Waals surface area contributed by atoms with Crippen LogP contribution < -0.4 is 0 Å². The first-order valence-electron chi connectivity index (χ1n) is 5.48. The minimum atomic E-state index is -0.270. The van der Waals surface area contributed by atoms with Crippen molar-refractivity contribution in [2.24, 2.45) is 0 Å². The van der Waals surface area contributed by atoms with Gasteiger partial charge in [0.1, 0.15) is 0 Å². The van der Waals surface area contributed by atoms with Crippen LogP contribution >= 0.6 is 0 Å². The number of nitrogens with zero attached hydrogens (tertiary/aromatic N) is 1. The van der Waals surface area contributed by atoms with Gasteiger partial charge in [-0.05, 0) is 24.6 Å². The molecule has 2 aromatic rings. The summed E-state index contributed by atoms with van der Waals surface area (Å²) in [5.74, 6) is -0.208. The molecule has 4 heteroatoms. The third-order valence-corrected chi connectivity index (χ3v) is 2.77. The smallest absolute Gasteiger partial charge is 0.216 e. The molecule has 0 saturated carbocycles. The molecule has 4 nitrogen and oxygen atoms in total. The Morgan fingerprint density at radius 3 is 2.76 bits per heavy atom. The molecular formula is C13H14N2O2. The predicted octanol–water partition coefficient (Wildman–Crippen LogP) is 2.73. The SMILES string of the molecule is Cc1cccc(C(C[N+](=O)[O-])c2ccc[nH]2)c1. The van der Waals surface area contributed by atoms with Crippen LogP contribution in [-0.4, -0.2) is 16.5 Å². The number of nitrogens with one attached hydrogen (secondary N) is 1. The van der Waals surface area contributed by atoms with Crippen LogP contribution in [0.3, 0.4) is 0 Å². The first-order valence-corrected chi connectivity index (χ1v) is 5.48. The Labute approximate surface area is 99.4 Å². The average molecular weight is 230 g/mol. The van der Waals surface area contributed by atoms with Crippen molar-refractivity contribution >= 4 is 0 Å². The van der Waals surface area contributed by atoms with Crippen molar-refractivity contribution in [2.45, 2.75) is 12.8 Å². The van der Waals surface area contributed by atoms with Crippen molar-refractivity contribution in [1.82, 2.24) is 4.98 Å². The zero-order valence-corrected chi connectivity index (χ0v) is 9.59. The molecule has 0 radical (unpaired) electrons. The molecule has 2 rings (SSSR count). The molecule has 0 saturated heterocycles. The second-order valence-electron chi connectivity index (χ2n) is 4.11. The molecule has 1 unspecified atom stereocenters. The summed E-state index contributed by atoms with van der Waals surface area (Å²) in [6.45, 7) is 1.89. The molecule has 88 valence electrons. The Balaban J connectivity index is 2.36. The van der Waals surface area contributed by atoms with Gasteiger partial charge >= 0.3 is 0 Å². The highest BCUT2D eigenvalue weighted by molar-refractivity contribution is 5.31. The fraction of sp³-hybridized carbons (Fsp3) is 0.231. The fourth-order valence-electron chi connectivity index (χ4n) is 1.98. The average Bonchev–Trinajstić information content (AvgIpc) is 2.79. The van der Waals surface area contributed by atoms with Crippen LogP contribution in [0.2, 0.25) is 0 Å². The van der Waals surface area contributed by atoms with E-state index in [2.05, 4.69) is 4.98 Å². The second-order valence-corrected chi connectivity index (χ2v) is 4.11. The molecule has 0 aliphatic rings. The number of aryl methyl sites for hydroxylation is 1. The highest BCUT2D eigenvalue weighted by Gasteiger charge is 2.20. The van der Waals surface area contributed by atoms with Gasteiger partial charge in [-0.25, -0.2) is 0 Å². The van der Waals surface area contributed by atoms with Gasteiger partial charge < -0.3 is 4.98 Å².